The maximum atomic E-state index is 13.5. The molecule has 0 aliphatic heterocycles. The SMILES string of the molecule is CCCCCCCCC(CCCc1cc(F)cc(F)c1)C(O)(OC(C)C)OC(C)C. The molecule has 1 unspecified atom stereocenters. The van der Waals surface area contributed by atoms with Crippen LogP contribution in [0.25, 0.3) is 0 Å². The van der Waals surface area contributed by atoms with Crippen LogP contribution in [0.15, 0.2) is 18.2 Å². The van der Waals surface area contributed by atoms with Crippen molar-refractivity contribution in [3.63, 3.8) is 0 Å². The summed E-state index contributed by atoms with van der Waals surface area (Å²) in [4.78, 5) is 0. The highest BCUT2D eigenvalue weighted by Gasteiger charge is 2.40. The predicted octanol–water partition coefficient (Wildman–Crippen LogP) is 7.15. The van der Waals surface area contributed by atoms with Crippen LogP contribution >= 0.6 is 0 Å². The summed E-state index contributed by atoms with van der Waals surface area (Å²) in [6, 6.07) is 3.62. The van der Waals surface area contributed by atoms with Crippen LogP contribution in [0, 0.1) is 17.6 Å². The van der Waals surface area contributed by atoms with Crippen LogP contribution in [0.2, 0.25) is 0 Å². The first kappa shape index (κ1) is 27.0. The standard InChI is InChI=1S/C25H42F2O3/c1-6-7-8-9-10-11-14-22(25(28,29-19(2)3)30-20(4)5)15-12-13-21-16-23(26)18-24(27)17-21/h16-20,22,28H,6-15H2,1-5H3. The van der Waals surface area contributed by atoms with Crippen LogP contribution in [-0.4, -0.2) is 23.3 Å². The molecule has 3 nitrogen and oxygen atoms in total. The molecule has 5 heteroatoms. The van der Waals surface area contributed by atoms with E-state index in [4.69, 9.17) is 9.47 Å². The summed E-state index contributed by atoms with van der Waals surface area (Å²) in [5, 5.41) is 11.3. The van der Waals surface area contributed by atoms with Gasteiger partial charge in [-0.05, 0) is 71.1 Å². The Hall–Kier alpha value is -1.04. The molecule has 0 amide bonds. The Morgan fingerprint density at radius 1 is 0.800 bits per heavy atom. The summed E-state index contributed by atoms with van der Waals surface area (Å²) >= 11 is 0. The quantitative estimate of drug-likeness (QED) is 0.224. The molecule has 0 spiro atoms. The lowest BCUT2D eigenvalue weighted by atomic mass is 9.91. The molecule has 1 aromatic carbocycles. The zero-order valence-corrected chi connectivity index (χ0v) is 19.6. The maximum absolute atomic E-state index is 13.5. The average Bonchev–Trinajstić information content (AvgIpc) is 2.60. The summed E-state index contributed by atoms with van der Waals surface area (Å²) in [6.45, 7) is 9.73. The van der Waals surface area contributed by atoms with Gasteiger partial charge in [0, 0.05) is 12.0 Å². The summed E-state index contributed by atoms with van der Waals surface area (Å²) in [5.74, 6) is -2.97. The van der Waals surface area contributed by atoms with Crippen molar-refractivity contribution < 1.29 is 23.4 Å². The second-order valence-corrected chi connectivity index (χ2v) is 8.89. The molecule has 0 saturated carbocycles. The van der Waals surface area contributed by atoms with E-state index in [1.165, 1.54) is 37.8 Å². The first-order valence-corrected chi connectivity index (χ1v) is 11.7. The fourth-order valence-electron chi connectivity index (χ4n) is 3.88. The third-order valence-corrected chi connectivity index (χ3v) is 5.17. The maximum Gasteiger partial charge on any atom is 0.283 e. The number of hydrogen-bond donors (Lipinski definition) is 1. The van der Waals surface area contributed by atoms with E-state index < -0.39 is 17.6 Å². The Bertz CT molecular complexity index is 560. The van der Waals surface area contributed by atoms with Crippen LogP contribution in [-0.2, 0) is 15.9 Å². The van der Waals surface area contributed by atoms with Gasteiger partial charge < -0.3 is 14.6 Å². The van der Waals surface area contributed by atoms with E-state index in [1.807, 2.05) is 27.7 Å². The number of benzene rings is 1. The van der Waals surface area contributed by atoms with Crippen LogP contribution < -0.4 is 0 Å². The molecule has 0 bridgehead atoms. The van der Waals surface area contributed by atoms with Gasteiger partial charge in [0.05, 0.1) is 12.2 Å². The van der Waals surface area contributed by atoms with E-state index in [0.717, 1.165) is 25.3 Å². The molecule has 1 rings (SSSR count). The Labute approximate surface area is 182 Å². The monoisotopic (exact) mass is 428 g/mol. The molecule has 0 saturated heterocycles. The van der Waals surface area contributed by atoms with Crippen LogP contribution in [0.1, 0.15) is 98.0 Å². The third-order valence-electron chi connectivity index (χ3n) is 5.17. The Balaban J connectivity index is 2.78. The molecule has 0 radical (unpaired) electrons. The van der Waals surface area contributed by atoms with E-state index in [2.05, 4.69) is 6.92 Å². The zero-order valence-electron chi connectivity index (χ0n) is 19.6. The van der Waals surface area contributed by atoms with Crippen LogP contribution in [0.4, 0.5) is 8.78 Å². The van der Waals surface area contributed by atoms with Gasteiger partial charge in [0.2, 0.25) is 0 Å². The first-order chi connectivity index (χ1) is 14.2. The second kappa shape index (κ2) is 14.1. The van der Waals surface area contributed by atoms with Gasteiger partial charge >= 0.3 is 0 Å². The van der Waals surface area contributed by atoms with Gasteiger partial charge in [-0.25, -0.2) is 8.78 Å². The average molecular weight is 429 g/mol. The zero-order chi connectivity index (χ0) is 22.6. The molecule has 174 valence electrons. The van der Waals surface area contributed by atoms with Crippen LogP contribution in [0.5, 0.6) is 0 Å². The molecule has 1 N–H and O–H groups in total. The summed E-state index contributed by atoms with van der Waals surface area (Å²) in [6.07, 6.45) is 9.32. The van der Waals surface area contributed by atoms with E-state index in [9.17, 15) is 13.9 Å². The van der Waals surface area contributed by atoms with Gasteiger partial charge in [0.15, 0.2) is 0 Å². The molecule has 0 aromatic heterocycles. The van der Waals surface area contributed by atoms with Crippen molar-refractivity contribution >= 4 is 0 Å². The lowest BCUT2D eigenvalue weighted by Gasteiger charge is -2.38. The normalized spacial score (nSPS) is 13.4. The number of aliphatic hydroxyl groups is 1. The van der Waals surface area contributed by atoms with E-state index in [-0.39, 0.29) is 18.1 Å². The first-order valence-electron chi connectivity index (χ1n) is 11.7. The fourth-order valence-corrected chi connectivity index (χ4v) is 3.88. The largest absolute Gasteiger partial charge is 0.343 e. The molecule has 30 heavy (non-hydrogen) atoms. The molecule has 1 atom stereocenters. The minimum atomic E-state index is -1.65. The molecular weight excluding hydrogens is 386 g/mol. The lowest BCUT2D eigenvalue weighted by Crippen LogP contribution is -2.47. The lowest BCUT2D eigenvalue weighted by molar-refractivity contribution is -0.407. The Morgan fingerprint density at radius 3 is 1.83 bits per heavy atom. The van der Waals surface area contributed by atoms with Gasteiger partial charge in [-0.1, -0.05) is 45.4 Å². The van der Waals surface area contributed by atoms with Gasteiger partial charge in [-0.2, -0.15) is 0 Å². The van der Waals surface area contributed by atoms with Crippen molar-refractivity contribution in [3.8, 4) is 0 Å². The van der Waals surface area contributed by atoms with Crippen LogP contribution in [0.3, 0.4) is 0 Å². The number of ether oxygens (including phenoxy) is 2. The molecule has 1 aromatic rings. The highest BCUT2D eigenvalue weighted by atomic mass is 19.1. The Morgan fingerprint density at radius 2 is 1.30 bits per heavy atom. The van der Waals surface area contributed by atoms with E-state index in [1.54, 1.807) is 0 Å². The Kier molecular flexibility index (Phi) is 12.7. The van der Waals surface area contributed by atoms with Gasteiger partial charge in [0.1, 0.15) is 11.6 Å². The van der Waals surface area contributed by atoms with Gasteiger partial charge in [-0.3, -0.25) is 0 Å². The fraction of sp³-hybridized carbons (Fsp3) is 0.760. The van der Waals surface area contributed by atoms with E-state index in [0.29, 0.717) is 24.8 Å². The van der Waals surface area contributed by atoms with Crippen molar-refractivity contribution in [1.82, 2.24) is 0 Å². The number of hydrogen-bond acceptors (Lipinski definition) is 3. The summed E-state index contributed by atoms with van der Waals surface area (Å²) in [5.41, 5.74) is 0.629. The third kappa shape index (κ3) is 10.8. The topological polar surface area (TPSA) is 38.7 Å². The second-order valence-electron chi connectivity index (χ2n) is 8.89. The molecule has 0 fully saturated rings. The van der Waals surface area contributed by atoms with Gasteiger partial charge in [0.25, 0.3) is 5.97 Å². The number of rotatable bonds is 16. The highest BCUT2D eigenvalue weighted by molar-refractivity contribution is 5.17. The number of halogens is 2. The highest BCUT2D eigenvalue weighted by Crippen LogP contribution is 2.33. The van der Waals surface area contributed by atoms with E-state index >= 15 is 0 Å². The summed E-state index contributed by atoms with van der Waals surface area (Å²) in [7, 11) is 0. The van der Waals surface area contributed by atoms with Crippen molar-refractivity contribution in [2.45, 2.75) is 117 Å². The van der Waals surface area contributed by atoms with Crippen molar-refractivity contribution in [2.75, 3.05) is 0 Å². The smallest absolute Gasteiger partial charge is 0.283 e. The summed E-state index contributed by atoms with van der Waals surface area (Å²) < 4.78 is 38.6. The van der Waals surface area contributed by atoms with Crippen molar-refractivity contribution in [2.24, 2.45) is 5.92 Å². The number of unbranched alkanes of at least 4 members (excludes halogenated alkanes) is 5. The molecular formula is C25H42F2O3. The molecule has 0 heterocycles. The number of aryl methyl sites for hydroxylation is 1. The van der Waals surface area contributed by atoms with Crippen molar-refractivity contribution in [3.05, 3.63) is 35.4 Å². The van der Waals surface area contributed by atoms with Gasteiger partial charge in [-0.15, -0.1) is 0 Å². The minimum Gasteiger partial charge on any atom is -0.343 e. The predicted molar refractivity (Wildman–Crippen MR) is 118 cm³/mol. The minimum absolute atomic E-state index is 0.182. The molecule has 0 aliphatic rings. The van der Waals surface area contributed by atoms with Crippen molar-refractivity contribution in [1.29, 1.82) is 0 Å². The molecule has 0 aliphatic carbocycles.